The van der Waals surface area contributed by atoms with Crippen LogP contribution in [0.25, 0.3) is 55.7 Å². The van der Waals surface area contributed by atoms with E-state index >= 15 is 0 Å². The van der Waals surface area contributed by atoms with Crippen LogP contribution >= 0.6 is 0 Å². The van der Waals surface area contributed by atoms with E-state index in [2.05, 4.69) is 105 Å². The van der Waals surface area contributed by atoms with Gasteiger partial charge < -0.3 is 4.42 Å². The van der Waals surface area contributed by atoms with Crippen LogP contribution in [0.4, 0.5) is 0 Å². The average Bonchev–Trinajstić information content (AvgIpc) is 3.24. The van der Waals surface area contributed by atoms with Gasteiger partial charge in [-0.05, 0) is 85.3 Å². The summed E-state index contributed by atoms with van der Waals surface area (Å²) in [5, 5.41) is 2.08. The molecule has 6 rings (SSSR count). The lowest BCUT2D eigenvalue weighted by Gasteiger charge is -2.14. The molecule has 170 valence electrons. The van der Waals surface area contributed by atoms with E-state index in [-0.39, 0.29) is 0 Å². The molecule has 0 unspecified atom stereocenters. The third-order valence-electron chi connectivity index (χ3n) is 7.03. The molecule has 0 saturated carbocycles. The fourth-order valence-electron chi connectivity index (χ4n) is 4.96. The first-order valence-corrected chi connectivity index (χ1v) is 11.9. The largest absolute Gasteiger partial charge is 0.437 e. The van der Waals surface area contributed by atoms with Crippen LogP contribution in [0.2, 0.25) is 0 Å². The van der Waals surface area contributed by atoms with Crippen molar-refractivity contribution in [3.8, 4) is 33.6 Å². The van der Waals surface area contributed by atoms with Gasteiger partial charge in [0.1, 0.15) is 5.58 Å². The molecule has 3 aromatic heterocycles. The number of fused-ring (bicyclic) bond motifs is 3. The van der Waals surface area contributed by atoms with Crippen molar-refractivity contribution in [3.05, 3.63) is 107 Å². The highest BCUT2D eigenvalue weighted by Crippen LogP contribution is 2.38. The molecule has 0 aliphatic rings. The summed E-state index contributed by atoms with van der Waals surface area (Å²) in [5.74, 6) is 0. The summed E-state index contributed by atoms with van der Waals surface area (Å²) >= 11 is 0. The van der Waals surface area contributed by atoms with Gasteiger partial charge in [-0.3, -0.25) is 4.98 Å². The van der Waals surface area contributed by atoms with E-state index in [4.69, 9.17) is 9.40 Å². The molecule has 3 heteroatoms. The lowest BCUT2D eigenvalue weighted by Crippen LogP contribution is -1.94. The van der Waals surface area contributed by atoms with Gasteiger partial charge in [-0.15, -0.1) is 0 Å². The number of pyridine rings is 2. The summed E-state index contributed by atoms with van der Waals surface area (Å²) in [7, 11) is 0. The SMILES string of the molecule is Cc1cnc(-c2cccc3c2oc2nc(-c4c(C)ccc(-c5ccccc5)c4C)ccc23)cc1C. The Balaban J connectivity index is 1.53. The maximum absolute atomic E-state index is 6.41. The number of aryl methyl sites for hydroxylation is 3. The fourth-order valence-corrected chi connectivity index (χ4v) is 4.96. The van der Waals surface area contributed by atoms with Crippen LogP contribution in [0.1, 0.15) is 22.3 Å². The number of hydrogen-bond donors (Lipinski definition) is 0. The second-order valence-electron chi connectivity index (χ2n) is 9.28. The maximum atomic E-state index is 6.41. The number of benzene rings is 3. The first kappa shape index (κ1) is 21.3. The molecule has 3 aromatic carbocycles. The summed E-state index contributed by atoms with van der Waals surface area (Å²) < 4.78 is 6.41. The number of hydrogen-bond acceptors (Lipinski definition) is 3. The molecule has 3 heterocycles. The summed E-state index contributed by atoms with van der Waals surface area (Å²) in [6.45, 7) is 8.52. The van der Waals surface area contributed by atoms with E-state index in [1.54, 1.807) is 0 Å². The van der Waals surface area contributed by atoms with E-state index in [9.17, 15) is 0 Å². The van der Waals surface area contributed by atoms with Crippen LogP contribution in [0.15, 0.2) is 89.5 Å². The Bertz CT molecular complexity index is 1730. The van der Waals surface area contributed by atoms with E-state index in [1.807, 2.05) is 12.3 Å². The van der Waals surface area contributed by atoms with E-state index in [0.29, 0.717) is 5.71 Å². The smallest absolute Gasteiger partial charge is 0.227 e. The zero-order valence-corrected chi connectivity index (χ0v) is 20.4. The van der Waals surface area contributed by atoms with Crippen molar-refractivity contribution in [1.82, 2.24) is 9.97 Å². The minimum atomic E-state index is 0.651. The lowest BCUT2D eigenvalue weighted by molar-refractivity contribution is 0.655. The highest BCUT2D eigenvalue weighted by Gasteiger charge is 2.17. The van der Waals surface area contributed by atoms with Gasteiger partial charge in [0, 0.05) is 28.1 Å². The van der Waals surface area contributed by atoms with Gasteiger partial charge in [-0.2, -0.15) is 0 Å². The monoisotopic (exact) mass is 454 g/mol. The van der Waals surface area contributed by atoms with E-state index < -0.39 is 0 Å². The number of nitrogens with zero attached hydrogens (tertiary/aromatic N) is 2. The summed E-state index contributed by atoms with van der Waals surface area (Å²) in [6.07, 6.45) is 1.92. The van der Waals surface area contributed by atoms with Crippen molar-refractivity contribution in [2.75, 3.05) is 0 Å². The predicted molar refractivity (Wildman–Crippen MR) is 145 cm³/mol. The van der Waals surface area contributed by atoms with E-state index in [1.165, 1.54) is 33.4 Å². The van der Waals surface area contributed by atoms with E-state index in [0.717, 1.165) is 38.9 Å². The number of aromatic nitrogens is 2. The standard InChI is InChI=1S/C32H26N2O/c1-19-13-14-24(23-9-6-5-7-10-23)22(4)30(19)28-16-15-26-25-11-8-12-27(31(25)35-32(26)34-28)29-17-20(2)21(3)18-33-29/h5-18H,1-4H3. The summed E-state index contributed by atoms with van der Waals surface area (Å²) in [4.78, 5) is 9.69. The summed E-state index contributed by atoms with van der Waals surface area (Å²) in [6, 6.07) is 27.5. The fraction of sp³-hybridized carbons (Fsp3) is 0.125. The van der Waals surface area contributed by atoms with Gasteiger partial charge in [0.2, 0.25) is 5.71 Å². The molecular formula is C32H26N2O. The van der Waals surface area contributed by atoms with Crippen LogP contribution in [0.5, 0.6) is 0 Å². The molecule has 0 saturated heterocycles. The molecule has 0 fully saturated rings. The Hall–Kier alpha value is -4.24. The Labute approximate surface area is 205 Å². The second kappa shape index (κ2) is 8.21. The number of para-hydroxylation sites is 1. The van der Waals surface area contributed by atoms with Crippen LogP contribution in [0, 0.1) is 27.7 Å². The van der Waals surface area contributed by atoms with Gasteiger partial charge in [0.25, 0.3) is 0 Å². The van der Waals surface area contributed by atoms with Gasteiger partial charge in [-0.1, -0.05) is 54.6 Å². The zero-order chi connectivity index (χ0) is 24.1. The minimum absolute atomic E-state index is 0.651. The lowest BCUT2D eigenvalue weighted by atomic mass is 9.91. The molecule has 6 aromatic rings. The molecule has 3 nitrogen and oxygen atoms in total. The predicted octanol–water partition coefficient (Wildman–Crippen LogP) is 8.61. The third kappa shape index (κ3) is 3.52. The molecule has 0 aliphatic carbocycles. The molecule has 0 radical (unpaired) electrons. The molecule has 0 atom stereocenters. The Morgan fingerprint density at radius 1 is 0.629 bits per heavy atom. The van der Waals surface area contributed by atoms with Gasteiger partial charge in [-0.25, -0.2) is 4.98 Å². The molecule has 0 spiro atoms. The molecule has 0 aliphatic heterocycles. The van der Waals surface area contributed by atoms with Crippen LogP contribution in [-0.2, 0) is 0 Å². The first-order valence-electron chi connectivity index (χ1n) is 11.9. The number of rotatable bonds is 3. The van der Waals surface area contributed by atoms with Crippen molar-refractivity contribution in [1.29, 1.82) is 0 Å². The zero-order valence-electron chi connectivity index (χ0n) is 20.4. The molecule has 35 heavy (non-hydrogen) atoms. The van der Waals surface area contributed by atoms with Crippen molar-refractivity contribution in [2.24, 2.45) is 0 Å². The van der Waals surface area contributed by atoms with Crippen LogP contribution in [-0.4, -0.2) is 9.97 Å². The average molecular weight is 455 g/mol. The number of furan rings is 1. The Kier molecular flexibility index (Phi) is 5.00. The molecular weight excluding hydrogens is 428 g/mol. The Morgan fingerprint density at radius 3 is 2.26 bits per heavy atom. The normalized spacial score (nSPS) is 11.4. The topological polar surface area (TPSA) is 38.9 Å². The highest BCUT2D eigenvalue weighted by molar-refractivity contribution is 6.08. The third-order valence-corrected chi connectivity index (χ3v) is 7.03. The highest BCUT2D eigenvalue weighted by atomic mass is 16.3. The van der Waals surface area contributed by atoms with Crippen LogP contribution in [0.3, 0.4) is 0 Å². The van der Waals surface area contributed by atoms with Gasteiger partial charge in [0.05, 0.1) is 11.4 Å². The summed E-state index contributed by atoms with van der Waals surface area (Å²) in [5.41, 5.74) is 12.7. The first-order chi connectivity index (χ1) is 17.0. The second-order valence-corrected chi connectivity index (χ2v) is 9.28. The van der Waals surface area contributed by atoms with Gasteiger partial charge >= 0.3 is 0 Å². The quantitative estimate of drug-likeness (QED) is 0.269. The van der Waals surface area contributed by atoms with Crippen molar-refractivity contribution < 1.29 is 4.42 Å². The molecule has 0 N–H and O–H groups in total. The van der Waals surface area contributed by atoms with Gasteiger partial charge in [0.15, 0.2) is 0 Å². The minimum Gasteiger partial charge on any atom is -0.437 e. The van der Waals surface area contributed by atoms with Crippen molar-refractivity contribution in [2.45, 2.75) is 27.7 Å². The molecule has 0 amide bonds. The van der Waals surface area contributed by atoms with Crippen molar-refractivity contribution in [3.63, 3.8) is 0 Å². The Morgan fingerprint density at radius 2 is 1.46 bits per heavy atom. The molecule has 0 bridgehead atoms. The van der Waals surface area contributed by atoms with Crippen molar-refractivity contribution >= 4 is 22.1 Å². The van der Waals surface area contributed by atoms with Crippen LogP contribution < -0.4 is 0 Å². The maximum Gasteiger partial charge on any atom is 0.227 e.